The van der Waals surface area contributed by atoms with E-state index < -0.39 is 0 Å². The fourth-order valence-electron chi connectivity index (χ4n) is 4.06. The van der Waals surface area contributed by atoms with Gasteiger partial charge in [-0.25, -0.2) is 4.98 Å². The Labute approximate surface area is 169 Å². The summed E-state index contributed by atoms with van der Waals surface area (Å²) in [5, 5.41) is 3.05. The Morgan fingerprint density at radius 2 is 2.07 bits per heavy atom. The van der Waals surface area contributed by atoms with E-state index in [0.29, 0.717) is 29.9 Å². The van der Waals surface area contributed by atoms with Crippen molar-refractivity contribution in [2.24, 2.45) is 0 Å². The zero-order valence-corrected chi connectivity index (χ0v) is 16.9. The van der Waals surface area contributed by atoms with E-state index in [1.165, 1.54) is 12.8 Å². The maximum absolute atomic E-state index is 12.8. The van der Waals surface area contributed by atoms with Crippen molar-refractivity contribution < 1.29 is 9.21 Å². The first-order valence-electron chi connectivity index (χ1n) is 10.2. The van der Waals surface area contributed by atoms with E-state index in [0.717, 1.165) is 24.4 Å². The van der Waals surface area contributed by atoms with Crippen molar-refractivity contribution in [1.82, 2.24) is 19.8 Å². The van der Waals surface area contributed by atoms with E-state index in [4.69, 9.17) is 4.42 Å². The number of furan rings is 1. The molecular weight excluding hydrogens is 368 g/mol. The van der Waals surface area contributed by atoms with Gasteiger partial charge in [0.05, 0.1) is 23.3 Å². The van der Waals surface area contributed by atoms with Gasteiger partial charge in [-0.1, -0.05) is 0 Å². The minimum absolute atomic E-state index is 0.0301. The third kappa shape index (κ3) is 3.82. The molecule has 1 aromatic carbocycles. The largest absolute Gasteiger partial charge is 0.468 e. The van der Waals surface area contributed by atoms with Gasteiger partial charge in [-0.05, 0) is 70.1 Å². The van der Waals surface area contributed by atoms with Crippen LogP contribution in [0.25, 0.3) is 11.0 Å². The number of nitrogens with zero attached hydrogens (tertiary/aromatic N) is 3. The van der Waals surface area contributed by atoms with Crippen LogP contribution in [0.2, 0.25) is 0 Å². The van der Waals surface area contributed by atoms with E-state index in [9.17, 15) is 9.59 Å². The highest BCUT2D eigenvalue weighted by atomic mass is 16.3. The second-order valence-electron chi connectivity index (χ2n) is 7.43. The minimum Gasteiger partial charge on any atom is -0.468 e. The molecular formula is C22H26N4O3. The van der Waals surface area contributed by atoms with Gasteiger partial charge in [0, 0.05) is 18.7 Å². The summed E-state index contributed by atoms with van der Waals surface area (Å²) in [5.74, 6) is 0.714. The molecule has 1 fully saturated rings. The first kappa shape index (κ1) is 19.4. The molecule has 152 valence electrons. The van der Waals surface area contributed by atoms with E-state index in [2.05, 4.69) is 15.2 Å². The van der Waals surface area contributed by atoms with Crippen molar-refractivity contribution in [1.29, 1.82) is 0 Å². The number of carbonyl (C=O) groups is 1. The fraction of sp³-hybridized carbons (Fsp3) is 0.409. The van der Waals surface area contributed by atoms with Crippen molar-refractivity contribution >= 4 is 16.9 Å². The van der Waals surface area contributed by atoms with Gasteiger partial charge >= 0.3 is 0 Å². The number of benzene rings is 1. The standard InChI is InChI=1S/C22H26N4O3/c1-3-26-18-9-8-16(13-17(18)24-15(2)22(26)28)21(27)23-14-19(20-7-6-12-29-20)25-10-4-5-11-25/h6-9,12-13,19H,3-5,10-11,14H2,1-2H3,(H,23,27). The monoisotopic (exact) mass is 394 g/mol. The molecule has 29 heavy (non-hydrogen) atoms. The average Bonchev–Trinajstić information content (AvgIpc) is 3.43. The highest BCUT2D eigenvalue weighted by molar-refractivity contribution is 5.97. The third-order valence-electron chi connectivity index (χ3n) is 5.60. The van der Waals surface area contributed by atoms with Crippen molar-refractivity contribution in [2.75, 3.05) is 19.6 Å². The number of likely N-dealkylation sites (tertiary alicyclic amines) is 1. The number of amides is 1. The molecule has 1 amide bonds. The summed E-state index contributed by atoms with van der Waals surface area (Å²) < 4.78 is 7.30. The zero-order chi connectivity index (χ0) is 20.4. The Morgan fingerprint density at radius 3 is 2.76 bits per heavy atom. The Bertz CT molecular complexity index is 1070. The molecule has 0 spiro atoms. The second-order valence-corrected chi connectivity index (χ2v) is 7.43. The predicted octanol–water partition coefficient (Wildman–Crippen LogP) is 2.88. The molecule has 1 saturated heterocycles. The number of aromatic nitrogens is 2. The van der Waals surface area contributed by atoms with Gasteiger partial charge < -0.3 is 14.3 Å². The number of nitrogens with one attached hydrogen (secondary N) is 1. The lowest BCUT2D eigenvalue weighted by Crippen LogP contribution is -2.36. The van der Waals surface area contributed by atoms with E-state index in [1.54, 1.807) is 36.0 Å². The summed E-state index contributed by atoms with van der Waals surface area (Å²) >= 11 is 0. The number of fused-ring (bicyclic) bond motifs is 1. The van der Waals surface area contributed by atoms with Gasteiger partial charge in [-0.15, -0.1) is 0 Å². The maximum atomic E-state index is 12.8. The molecule has 0 saturated carbocycles. The summed E-state index contributed by atoms with van der Waals surface area (Å²) in [6.07, 6.45) is 4.00. The summed E-state index contributed by atoms with van der Waals surface area (Å²) in [7, 11) is 0. The number of rotatable bonds is 6. The van der Waals surface area contributed by atoms with Crippen molar-refractivity contribution in [3.63, 3.8) is 0 Å². The number of hydrogen-bond acceptors (Lipinski definition) is 5. The lowest BCUT2D eigenvalue weighted by atomic mass is 10.1. The average molecular weight is 394 g/mol. The number of hydrogen-bond donors (Lipinski definition) is 1. The smallest absolute Gasteiger partial charge is 0.272 e. The van der Waals surface area contributed by atoms with Crippen LogP contribution in [0.5, 0.6) is 0 Å². The molecule has 3 heterocycles. The van der Waals surface area contributed by atoms with Gasteiger partial charge in [0.25, 0.3) is 11.5 Å². The SMILES string of the molecule is CCn1c(=O)c(C)nc2cc(C(=O)NCC(c3ccco3)N3CCCC3)ccc21. The molecule has 7 nitrogen and oxygen atoms in total. The summed E-state index contributed by atoms with van der Waals surface area (Å²) in [6.45, 7) is 6.68. The molecule has 1 aliphatic rings. The minimum atomic E-state index is -0.156. The Balaban J connectivity index is 1.55. The van der Waals surface area contributed by atoms with E-state index in [1.807, 2.05) is 19.1 Å². The summed E-state index contributed by atoms with van der Waals surface area (Å²) in [5.41, 5.74) is 2.27. The van der Waals surface area contributed by atoms with Crippen LogP contribution in [0.3, 0.4) is 0 Å². The highest BCUT2D eigenvalue weighted by Gasteiger charge is 2.26. The Morgan fingerprint density at radius 1 is 1.28 bits per heavy atom. The molecule has 7 heteroatoms. The molecule has 1 aliphatic heterocycles. The van der Waals surface area contributed by atoms with Crippen molar-refractivity contribution in [3.8, 4) is 0 Å². The third-order valence-corrected chi connectivity index (χ3v) is 5.60. The summed E-state index contributed by atoms with van der Waals surface area (Å²) in [4.78, 5) is 31.8. The van der Waals surface area contributed by atoms with Crippen LogP contribution in [-0.2, 0) is 6.54 Å². The topological polar surface area (TPSA) is 80.4 Å². The summed E-state index contributed by atoms with van der Waals surface area (Å²) in [6, 6.07) is 9.17. The van der Waals surface area contributed by atoms with Crippen LogP contribution >= 0.6 is 0 Å². The molecule has 3 aromatic rings. The van der Waals surface area contributed by atoms with E-state index in [-0.39, 0.29) is 17.5 Å². The van der Waals surface area contributed by atoms with Gasteiger partial charge in [0.2, 0.25) is 0 Å². The Hall–Kier alpha value is -2.93. The fourth-order valence-corrected chi connectivity index (χ4v) is 4.06. The maximum Gasteiger partial charge on any atom is 0.272 e. The molecule has 0 radical (unpaired) electrons. The number of carbonyl (C=O) groups excluding carboxylic acids is 1. The molecule has 1 N–H and O–H groups in total. The van der Waals surface area contributed by atoms with Gasteiger partial charge in [-0.2, -0.15) is 0 Å². The van der Waals surface area contributed by atoms with Crippen LogP contribution < -0.4 is 10.9 Å². The molecule has 2 aromatic heterocycles. The molecule has 0 bridgehead atoms. The normalized spacial score (nSPS) is 15.7. The van der Waals surface area contributed by atoms with Crippen molar-refractivity contribution in [3.05, 3.63) is 64.0 Å². The predicted molar refractivity (Wildman–Crippen MR) is 111 cm³/mol. The Kier molecular flexibility index (Phi) is 5.49. The molecule has 1 atom stereocenters. The molecule has 0 aliphatic carbocycles. The lowest BCUT2D eigenvalue weighted by molar-refractivity contribution is 0.0934. The number of aryl methyl sites for hydroxylation is 2. The highest BCUT2D eigenvalue weighted by Crippen LogP contribution is 2.25. The second kappa shape index (κ2) is 8.21. The van der Waals surface area contributed by atoms with Crippen LogP contribution in [-0.4, -0.2) is 40.0 Å². The van der Waals surface area contributed by atoms with Crippen LogP contribution in [0, 0.1) is 6.92 Å². The molecule has 4 rings (SSSR count). The molecule has 1 unspecified atom stereocenters. The lowest BCUT2D eigenvalue weighted by Gasteiger charge is -2.26. The van der Waals surface area contributed by atoms with Gasteiger partial charge in [0.15, 0.2) is 0 Å². The van der Waals surface area contributed by atoms with Gasteiger partial charge in [0.1, 0.15) is 11.5 Å². The quantitative estimate of drug-likeness (QED) is 0.695. The van der Waals surface area contributed by atoms with Crippen molar-refractivity contribution in [2.45, 2.75) is 39.3 Å². The van der Waals surface area contributed by atoms with Crippen LogP contribution in [0.4, 0.5) is 0 Å². The van der Waals surface area contributed by atoms with Crippen LogP contribution in [0.1, 0.15) is 47.6 Å². The first-order chi connectivity index (χ1) is 14.1. The van der Waals surface area contributed by atoms with Gasteiger partial charge in [-0.3, -0.25) is 14.5 Å². The van der Waals surface area contributed by atoms with E-state index >= 15 is 0 Å². The van der Waals surface area contributed by atoms with Crippen LogP contribution in [0.15, 0.2) is 45.8 Å². The first-order valence-corrected chi connectivity index (χ1v) is 10.2. The zero-order valence-electron chi connectivity index (χ0n) is 16.9.